The third-order valence-electron chi connectivity index (χ3n) is 3.27. The number of amides is 1. The highest BCUT2D eigenvalue weighted by atomic mass is 16.1. The summed E-state index contributed by atoms with van der Waals surface area (Å²) in [6.45, 7) is 4.74. The number of nitrogens with one attached hydrogen (secondary N) is 1. The van der Waals surface area contributed by atoms with Crippen molar-refractivity contribution in [2.24, 2.45) is 0 Å². The van der Waals surface area contributed by atoms with Gasteiger partial charge in [-0.05, 0) is 37.6 Å². The molecular weight excluding hydrogens is 250 g/mol. The van der Waals surface area contributed by atoms with Crippen molar-refractivity contribution in [2.45, 2.75) is 33.1 Å². The molecule has 1 aromatic carbocycles. The van der Waals surface area contributed by atoms with E-state index in [9.17, 15) is 4.79 Å². The maximum atomic E-state index is 12.3. The Morgan fingerprint density at radius 1 is 1.30 bits per heavy atom. The fourth-order valence-corrected chi connectivity index (χ4v) is 2.24. The van der Waals surface area contributed by atoms with Crippen LogP contribution in [0.1, 0.15) is 42.2 Å². The quantitative estimate of drug-likeness (QED) is 0.648. The van der Waals surface area contributed by atoms with Crippen LogP contribution in [0, 0.1) is 6.92 Å². The zero-order valence-electron chi connectivity index (χ0n) is 12.1. The molecule has 1 amide bonds. The second kappa shape index (κ2) is 6.37. The van der Waals surface area contributed by atoms with E-state index >= 15 is 0 Å². The summed E-state index contributed by atoms with van der Waals surface area (Å²) < 4.78 is 0. The molecule has 1 aromatic heterocycles. The summed E-state index contributed by atoms with van der Waals surface area (Å²) in [4.78, 5) is 16.7. The van der Waals surface area contributed by atoms with Gasteiger partial charge in [-0.15, -0.1) is 0 Å². The summed E-state index contributed by atoms with van der Waals surface area (Å²) in [6.07, 6.45) is 3.28. The zero-order valence-corrected chi connectivity index (χ0v) is 12.1. The lowest BCUT2D eigenvalue weighted by molar-refractivity contribution is 0.0954. The average molecular weight is 271 g/mol. The fourth-order valence-electron chi connectivity index (χ4n) is 2.24. The van der Waals surface area contributed by atoms with Crippen molar-refractivity contribution in [2.75, 3.05) is 12.3 Å². The van der Waals surface area contributed by atoms with Crippen molar-refractivity contribution in [1.29, 1.82) is 0 Å². The first-order valence-corrected chi connectivity index (χ1v) is 7.07. The van der Waals surface area contributed by atoms with Gasteiger partial charge in [0.15, 0.2) is 0 Å². The van der Waals surface area contributed by atoms with Gasteiger partial charge in [0, 0.05) is 23.3 Å². The Morgan fingerprint density at radius 2 is 2.10 bits per heavy atom. The molecule has 0 radical (unpaired) electrons. The first kappa shape index (κ1) is 14.3. The molecule has 2 aromatic rings. The van der Waals surface area contributed by atoms with E-state index in [2.05, 4.69) is 17.2 Å². The molecule has 0 unspecified atom stereocenters. The van der Waals surface area contributed by atoms with Crippen LogP contribution < -0.4 is 11.1 Å². The first-order chi connectivity index (χ1) is 9.61. The van der Waals surface area contributed by atoms with Crippen molar-refractivity contribution in [1.82, 2.24) is 10.3 Å². The van der Waals surface area contributed by atoms with Crippen molar-refractivity contribution in [3.05, 3.63) is 35.5 Å². The molecule has 20 heavy (non-hydrogen) atoms. The van der Waals surface area contributed by atoms with Crippen LogP contribution in [0.2, 0.25) is 0 Å². The maximum Gasteiger partial charge on any atom is 0.252 e. The zero-order chi connectivity index (χ0) is 14.5. The molecule has 0 saturated heterocycles. The van der Waals surface area contributed by atoms with E-state index in [0.717, 1.165) is 35.9 Å². The molecule has 106 valence electrons. The minimum atomic E-state index is -0.0535. The van der Waals surface area contributed by atoms with E-state index in [0.29, 0.717) is 17.8 Å². The van der Waals surface area contributed by atoms with Gasteiger partial charge in [-0.25, -0.2) is 0 Å². The predicted octanol–water partition coefficient (Wildman–Crippen LogP) is 3.05. The number of anilines is 1. The van der Waals surface area contributed by atoms with Gasteiger partial charge in [0.1, 0.15) is 0 Å². The number of benzene rings is 1. The van der Waals surface area contributed by atoms with Crippen LogP contribution >= 0.6 is 0 Å². The lowest BCUT2D eigenvalue weighted by atomic mass is 10.1. The van der Waals surface area contributed by atoms with Crippen LogP contribution in [0.15, 0.2) is 24.3 Å². The standard InChI is InChI=1S/C16H21N3O/c1-3-4-5-8-18-16(20)14-9-11(2)19-15-7-6-12(17)10-13(14)15/h6-7,9-10H,3-5,8,17H2,1-2H3,(H,18,20). The maximum absolute atomic E-state index is 12.3. The molecule has 3 N–H and O–H groups in total. The number of aryl methyl sites for hydroxylation is 1. The topological polar surface area (TPSA) is 68.0 Å². The Balaban J connectivity index is 2.27. The van der Waals surface area contributed by atoms with Crippen molar-refractivity contribution < 1.29 is 4.79 Å². The summed E-state index contributed by atoms with van der Waals surface area (Å²) in [5.41, 5.74) is 8.74. The molecule has 0 aliphatic rings. The van der Waals surface area contributed by atoms with Gasteiger partial charge >= 0.3 is 0 Å². The highest BCUT2D eigenvalue weighted by Crippen LogP contribution is 2.21. The van der Waals surface area contributed by atoms with Crippen LogP contribution in [0.4, 0.5) is 5.69 Å². The second-order valence-corrected chi connectivity index (χ2v) is 5.05. The van der Waals surface area contributed by atoms with Crippen LogP contribution in [-0.4, -0.2) is 17.4 Å². The summed E-state index contributed by atoms with van der Waals surface area (Å²) in [6, 6.07) is 7.28. The molecule has 4 nitrogen and oxygen atoms in total. The average Bonchev–Trinajstić information content (AvgIpc) is 2.43. The molecule has 0 aliphatic heterocycles. The first-order valence-electron chi connectivity index (χ1n) is 7.07. The summed E-state index contributed by atoms with van der Waals surface area (Å²) in [5, 5.41) is 3.77. The predicted molar refractivity (Wildman–Crippen MR) is 82.8 cm³/mol. The SMILES string of the molecule is CCCCCNC(=O)c1cc(C)nc2ccc(N)cc12. The lowest BCUT2D eigenvalue weighted by Gasteiger charge is -2.09. The van der Waals surface area contributed by atoms with E-state index in [4.69, 9.17) is 5.73 Å². The van der Waals surface area contributed by atoms with E-state index in [1.54, 1.807) is 6.07 Å². The second-order valence-electron chi connectivity index (χ2n) is 5.05. The molecule has 1 heterocycles. The Morgan fingerprint density at radius 3 is 2.85 bits per heavy atom. The number of pyridine rings is 1. The van der Waals surface area contributed by atoms with E-state index in [1.807, 2.05) is 25.1 Å². The fraction of sp³-hybridized carbons (Fsp3) is 0.375. The minimum Gasteiger partial charge on any atom is -0.399 e. The molecule has 0 aliphatic carbocycles. The number of fused-ring (bicyclic) bond motifs is 1. The number of carbonyl (C=O) groups excluding carboxylic acids is 1. The van der Waals surface area contributed by atoms with E-state index < -0.39 is 0 Å². The normalized spacial score (nSPS) is 10.7. The van der Waals surface area contributed by atoms with Gasteiger partial charge in [-0.3, -0.25) is 9.78 Å². The number of nitrogens with zero attached hydrogens (tertiary/aromatic N) is 1. The van der Waals surface area contributed by atoms with Gasteiger partial charge < -0.3 is 11.1 Å². The monoisotopic (exact) mass is 271 g/mol. The number of hydrogen-bond donors (Lipinski definition) is 2. The number of hydrogen-bond acceptors (Lipinski definition) is 3. The third kappa shape index (κ3) is 3.26. The number of nitrogens with two attached hydrogens (primary N) is 1. The van der Waals surface area contributed by atoms with Gasteiger partial charge in [-0.2, -0.15) is 0 Å². The van der Waals surface area contributed by atoms with Crippen LogP contribution in [0.25, 0.3) is 10.9 Å². The smallest absolute Gasteiger partial charge is 0.252 e. The number of unbranched alkanes of at least 4 members (excludes halogenated alkanes) is 2. The lowest BCUT2D eigenvalue weighted by Crippen LogP contribution is -2.24. The molecule has 0 spiro atoms. The van der Waals surface area contributed by atoms with Crippen LogP contribution in [0.5, 0.6) is 0 Å². The number of rotatable bonds is 5. The Bertz CT molecular complexity index is 622. The Hall–Kier alpha value is -2.10. The van der Waals surface area contributed by atoms with Gasteiger partial charge in [0.25, 0.3) is 5.91 Å². The van der Waals surface area contributed by atoms with Crippen LogP contribution in [0.3, 0.4) is 0 Å². The van der Waals surface area contributed by atoms with Crippen LogP contribution in [-0.2, 0) is 0 Å². The van der Waals surface area contributed by atoms with Crippen molar-refractivity contribution in [3.63, 3.8) is 0 Å². The molecule has 0 atom stereocenters. The third-order valence-corrected chi connectivity index (χ3v) is 3.27. The number of nitrogen functional groups attached to an aromatic ring is 1. The highest BCUT2D eigenvalue weighted by Gasteiger charge is 2.11. The summed E-state index contributed by atoms with van der Waals surface area (Å²) >= 11 is 0. The van der Waals surface area contributed by atoms with E-state index in [1.165, 1.54) is 0 Å². The molecular formula is C16H21N3O. The molecule has 0 saturated carbocycles. The number of aromatic nitrogens is 1. The Labute approximate surface area is 119 Å². The molecule has 4 heteroatoms. The van der Waals surface area contributed by atoms with Crippen molar-refractivity contribution in [3.8, 4) is 0 Å². The largest absolute Gasteiger partial charge is 0.399 e. The summed E-state index contributed by atoms with van der Waals surface area (Å²) in [5.74, 6) is -0.0535. The van der Waals surface area contributed by atoms with E-state index in [-0.39, 0.29) is 5.91 Å². The van der Waals surface area contributed by atoms with Gasteiger partial charge in [0.2, 0.25) is 0 Å². The molecule has 0 bridgehead atoms. The highest BCUT2D eigenvalue weighted by molar-refractivity contribution is 6.06. The minimum absolute atomic E-state index is 0.0535. The van der Waals surface area contributed by atoms with Gasteiger partial charge in [0.05, 0.1) is 11.1 Å². The number of carbonyl (C=O) groups is 1. The van der Waals surface area contributed by atoms with Gasteiger partial charge in [-0.1, -0.05) is 19.8 Å². The molecule has 2 rings (SSSR count). The van der Waals surface area contributed by atoms with Crippen molar-refractivity contribution >= 4 is 22.5 Å². The summed E-state index contributed by atoms with van der Waals surface area (Å²) in [7, 11) is 0. The molecule has 0 fully saturated rings. The Kier molecular flexibility index (Phi) is 4.56.